The molecule has 1 aromatic heterocycles. The normalized spacial score (nSPS) is 11.8. The lowest BCUT2D eigenvalue weighted by Gasteiger charge is -2.15. The molecule has 3 rings (SSSR count). The fraction of sp³-hybridized carbons (Fsp3) is 0.333. The Bertz CT molecular complexity index is 1060. The molecule has 0 radical (unpaired) electrons. The summed E-state index contributed by atoms with van der Waals surface area (Å²) in [7, 11) is 0. The van der Waals surface area contributed by atoms with Crippen LogP contribution in [-0.2, 0) is 17.7 Å². The molecule has 1 unspecified atom stereocenters. The number of benzene rings is 2. The van der Waals surface area contributed by atoms with Crippen molar-refractivity contribution in [3.8, 4) is 0 Å². The summed E-state index contributed by atoms with van der Waals surface area (Å²) >= 11 is 0. The summed E-state index contributed by atoms with van der Waals surface area (Å²) in [6.45, 7) is 8.29. The maximum atomic E-state index is 13.2. The van der Waals surface area contributed by atoms with E-state index >= 15 is 0 Å². The minimum Gasteiger partial charge on any atom is -0.461 e. The highest BCUT2D eigenvalue weighted by Gasteiger charge is 2.27. The first-order valence-corrected chi connectivity index (χ1v) is 11.2. The van der Waals surface area contributed by atoms with Gasteiger partial charge in [0.1, 0.15) is 5.69 Å². The number of carbonyl (C=O) groups excluding carboxylic acids is 2. The lowest BCUT2D eigenvalue weighted by atomic mass is 10.0. The summed E-state index contributed by atoms with van der Waals surface area (Å²) in [5.74, 6) is -0.557. The van der Waals surface area contributed by atoms with Gasteiger partial charge in [-0.15, -0.1) is 0 Å². The molecular weight excluding hydrogens is 400 g/mol. The zero-order chi connectivity index (χ0) is 23.1. The van der Waals surface area contributed by atoms with Crippen LogP contribution in [0.25, 0.3) is 0 Å². The van der Waals surface area contributed by atoms with Crippen LogP contribution in [0.2, 0.25) is 0 Å². The van der Waals surface area contributed by atoms with Crippen LogP contribution in [0.5, 0.6) is 0 Å². The first-order valence-electron chi connectivity index (χ1n) is 11.2. The number of aromatic nitrogens is 1. The molecule has 1 N–H and O–H groups in total. The van der Waals surface area contributed by atoms with Crippen LogP contribution in [0, 0.1) is 13.8 Å². The zero-order valence-corrected chi connectivity index (χ0v) is 19.4. The van der Waals surface area contributed by atoms with Crippen LogP contribution in [-0.4, -0.2) is 29.1 Å². The van der Waals surface area contributed by atoms with Crippen LogP contribution in [0.1, 0.15) is 63.5 Å². The molecule has 1 atom stereocenters. The van der Waals surface area contributed by atoms with Crippen molar-refractivity contribution < 1.29 is 14.3 Å². The van der Waals surface area contributed by atoms with Crippen LogP contribution in [0.4, 0.5) is 0 Å². The number of amides is 1. The highest BCUT2D eigenvalue weighted by atomic mass is 16.5. The van der Waals surface area contributed by atoms with Gasteiger partial charge in [0.2, 0.25) is 0 Å². The molecule has 0 aliphatic heterocycles. The lowest BCUT2D eigenvalue weighted by molar-refractivity contribution is 0.0513. The number of hydrogen-bond donors (Lipinski definition) is 1. The summed E-state index contributed by atoms with van der Waals surface area (Å²) < 4.78 is 7.21. The van der Waals surface area contributed by atoms with E-state index in [0.29, 0.717) is 23.4 Å². The molecule has 32 heavy (non-hydrogen) atoms. The number of ether oxygens (including phenoxy) is 1. The maximum Gasteiger partial charge on any atom is 0.355 e. The highest BCUT2D eigenvalue weighted by molar-refractivity contribution is 6.01. The van der Waals surface area contributed by atoms with Crippen molar-refractivity contribution in [1.29, 1.82) is 0 Å². The number of nitrogens with one attached hydrogen (secondary N) is 1. The van der Waals surface area contributed by atoms with E-state index in [9.17, 15) is 9.59 Å². The van der Waals surface area contributed by atoms with Gasteiger partial charge < -0.3 is 14.6 Å². The van der Waals surface area contributed by atoms with Crippen molar-refractivity contribution in [2.75, 3.05) is 6.61 Å². The van der Waals surface area contributed by atoms with E-state index in [0.717, 1.165) is 24.1 Å². The Balaban J connectivity index is 1.83. The van der Waals surface area contributed by atoms with Gasteiger partial charge in [-0.3, -0.25) is 4.79 Å². The molecule has 3 aromatic rings. The number of carbonyl (C=O) groups is 2. The summed E-state index contributed by atoms with van der Waals surface area (Å²) in [4.78, 5) is 26.0. The van der Waals surface area contributed by atoms with Crippen molar-refractivity contribution in [2.24, 2.45) is 0 Å². The molecule has 0 saturated carbocycles. The van der Waals surface area contributed by atoms with Crippen molar-refractivity contribution in [2.45, 2.75) is 53.1 Å². The van der Waals surface area contributed by atoms with E-state index in [1.807, 2.05) is 73.9 Å². The van der Waals surface area contributed by atoms with Crippen LogP contribution < -0.4 is 5.32 Å². The Hall–Kier alpha value is -3.34. The van der Waals surface area contributed by atoms with E-state index < -0.39 is 5.97 Å². The second-order valence-corrected chi connectivity index (χ2v) is 8.13. The SMILES string of the molecule is CCOC(=O)c1c(C)c(C(=O)NC(C)CCc2ccccc2)c(C)n1Cc1ccccc1. The largest absolute Gasteiger partial charge is 0.461 e. The minimum absolute atomic E-state index is 0.00465. The second kappa shape index (κ2) is 10.8. The first-order chi connectivity index (χ1) is 15.4. The van der Waals surface area contributed by atoms with Crippen molar-refractivity contribution in [3.05, 3.63) is 94.3 Å². The monoisotopic (exact) mass is 432 g/mol. The van der Waals surface area contributed by atoms with Gasteiger partial charge >= 0.3 is 5.97 Å². The first kappa shape index (κ1) is 23.3. The number of rotatable bonds is 9. The second-order valence-electron chi connectivity index (χ2n) is 8.13. The molecule has 0 aliphatic carbocycles. The molecule has 5 heteroatoms. The van der Waals surface area contributed by atoms with Gasteiger partial charge in [0.05, 0.1) is 12.2 Å². The third-order valence-electron chi connectivity index (χ3n) is 5.73. The van der Waals surface area contributed by atoms with Crippen LogP contribution in [0.15, 0.2) is 60.7 Å². The van der Waals surface area contributed by atoms with Gasteiger partial charge in [-0.25, -0.2) is 4.79 Å². The zero-order valence-electron chi connectivity index (χ0n) is 19.4. The summed E-state index contributed by atoms with van der Waals surface area (Å²) in [5.41, 5.74) is 4.72. The Morgan fingerprint density at radius 3 is 2.16 bits per heavy atom. The minimum atomic E-state index is -0.403. The standard InChI is InChI=1S/C27H32N2O3/c1-5-32-27(31)25-20(3)24(21(4)29(25)18-23-14-10-7-11-15-23)26(30)28-19(2)16-17-22-12-8-6-9-13-22/h6-15,19H,5,16-18H2,1-4H3,(H,28,30). The molecule has 2 aromatic carbocycles. The molecule has 168 valence electrons. The molecule has 0 fully saturated rings. The number of aryl methyl sites for hydroxylation is 1. The maximum absolute atomic E-state index is 13.2. The van der Waals surface area contributed by atoms with Crippen LogP contribution in [0.3, 0.4) is 0 Å². The third kappa shape index (κ3) is 5.47. The Labute approximate surface area is 190 Å². The summed E-state index contributed by atoms with van der Waals surface area (Å²) in [6.07, 6.45) is 1.73. The lowest BCUT2D eigenvalue weighted by Crippen LogP contribution is -2.33. The van der Waals surface area contributed by atoms with Crippen molar-refractivity contribution >= 4 is 11.9 Å². The van der Waals surface area contributed by atoms with Gasteiger partial charge in [0.25, 0.3) is 5.91 Å². The predicted octanol–water partition coefficient (Wildman–Crippen LogP) is 5.08. The molecule has 0 bridgehead atoms. The average Bonchev–Trinajstić information content (AvgIpc) is 3.03. The fourth-order valence-electron chi connectivity index (χ4n) is 4.05. The summed E-state index contributed by atoms with van der Waals surface area (Å²) in [6, 6.07) is 20.2. The Kier molecular flexibility index (Phi) is 7.87. The van der Waals surface area contributed by atoms with Gasteiger partial charge in [-0.1, -0.05) is 60.7 Å². The Morgan fingerprint density at radius 1 is 0.969 bits per heavy atom. The van der Waals surface area contributed by atoms with E-state index in [2.05, 4.69) is 17.4 Å². The highest BCUT2D eigenvalue weighted by Crippen LogP contribution is 2.25. The van der Waals surface area contributed by atoms with Gasteiger partial charge in [0.15, 0.2) is 0 Å². The molecule has 1 heterocycles. The molecule has 0 saturated heterocycles. The van der Waals surface area contributed by atoms with Gasteiger partial charge in [-0.2, -0.15) is 0 Å². The molecule has 1 amide bonds. The fourth-order valence-corrected chi connectivity index (χ4v) is 4.05. The van der Waals surface area contributed by atoms with Crippen LogP contribution >= 0.6 is 0 Å². The number of esters is 1. The van der Waals surface area contributed by atoms with Crippen molar-refractivity contribution in [3.63, 3.8) is 0 Å². The molecule has 0 aliphatic rings. The predicted molar refractivity (Wildman–Crippen MR) is 127 cm³/mol. The topological polar surface area (TPSA) is 60.3 Å². The van der Waals surface area contributed by atoms with Gasteiger partial charge in [-0.05, 0) is 57.2 Å². The molecular formula is C27H32N2O3. The summed E-state index contributed by atoms with van der Waals surface area (Å²) in [5, 5.41) is 3.12. The van der Waals surface area contributed by atoms with Gasteiger partial charge in [0, 0.05) is 18.3 Å². The van der Waals surface area contributed by atoms with E-state index in [1.54, 1.807) is 6.92 Å². The third-order valence-corrected chi connectivity index (χ3v) is 5.73. The van der Waals surface area contributed by atoms with Crippen molar-refractivity contribution in [1.82, 2.24) is 9.88 Å². The quantitative estimate of drug-likeness (QED) is 0.480. The van der Waals surface area contributed by atoms with E-state index in [-0.39, 0.29) is 18.6 Å². The molecule has 0 spiro atoms. The smallest absolute Gasteiger partial charge is 0.355 e. The number of hydrogen-bond acceptors (Lipinski definition) is 3. The number of nitrogens with zero attached hydrogens (tertiary/aromatic N) is 1. The average molecular weight is 433 g/mol. The van der Waals surface area contributed by atoms with E-state index in [1.165, 1.54) is 5.56 Å². The Morgan fingerprint density at radius 2 is 1.56 bits per heavy atom. The van der Waals surface area contributed by atoms with E-state index in [4.69, 9.17) is 4.74 Å². The molecule has 5 nitrogen and oxygen atoms in total.